The van der Waals surface area contributed by atoms with Gasteiger partial charge in [-0.25, -0.2) is 15.0 Å². The summed E-state index contributed by atoms with van der Waals surface area (Å²) in [5.74, 6) is -0.185. The van der Waals surface area contributed by atoms with Gasteiger partial charge in [0.05, 0.1) is 0 Å². The second-order valence-electron chi connectivity index (χ2n) is 5.98. The first-order valence-corrected chi connectivity index (χ1v) is 10.3. The molecule has 0 amide bonds. The van der Waals surface area contributed by atoms with Gasteiger partial charge < -0.3 is 0 Å². The highest BCUT2D eigenvalue weighted by molar-refractivity contribution is 6.67. The third-order valence-corrected chi connectivity index (χ3v) is 4.92. The molecule has 10 heteroatoms. The molecular weight excluding hydrogens is 499 g/mol. The first-order chi connectivity index (χ1) is 13.5. The molecule has 3 rings (SSSR count). The Labute approximate surface area is 197 Å². The fourth-order valence-corrected chi connectivity index (χ4v) is 3.11. The first-order valence-electron chi connectivity index (χ1n) is 8.08. The number of hydrogen-bond acceptors (Lipinski definition) is 4. The van der Waals surface area contributed by atoms with Crippen molar-refractivity contribution in [2.24, 2.45) is 0 Å². The van der Waals surface area contributed by atoms with Crippen LogP contribution in [0, 0.1) is 0 Å². The highest BCUT2D eigenvalue weighted by Crippen LogP contribution is 2.40. The molecular formula is C19H11Cl6N3O. The predicted octanol–water partition coefficient (Wildman–Crippen LogP) is 7.06. The van der Waals surface area contributed by atoms with E-state index in [0.29, 0.717) is 11.1 Å². The molecule has 0 unspecified atom stereocenters. The molecule has 0 saturated carbocycles. The summed E-state index contributed by atoms with van der Waals surface area (Å²) in [7, 11) is 0. The van der Waals surface area contributed by atoms with Crippen molar-refractivity contribution in [1.29, 1.82) is 0 Å². The van der Waals surface area contributed by atoms with E-state index < -0.39 is 7.59 Å². The topological polar surface area (TPSA) is 55.7 Å². The summed E-state index contributed by atoms with van der Waals surface area (Å²) in [6.07, 6.45) is 0. The van der Waals surface area contributed by atoms with Gasteiger partial charge in [0.2, 0.25) is 7.59 Å². The lowest BCUT2D eigenvalue weighted by Gasteiger charge is -2.15. The van der Waals surface area contributed by atoms with E-state index in [0.717, 1.165) is 11.1 Å². The third-order valence-electron chi connectivity index (χ3n) is 3.90. The van der Waals surface area contributed by atoms with Gasteiger partial charge in [-0.2, -0.15) is 0 Å². The zero-order chi connectivity index (χ0) is 21.4. The Morgan fingerprint density at radius 1 is 0.724 bits per heavy atom. The average Bonchev–Trinajstić information content (AvgIpc) is 2.66. The van der Waals surface area contributed by atoms with Gasteiger partial charge in [-0.05, 0) is 18.1 Å². The lowest BCUT2D eigenvalue weighted by Crippen LogP contribution is -2.16. The van der Waals surface area contributed by atoms with E-state index in [1.54, 1.807) is 18.2 Å². The molecule has 0 saturated heterocycles. The van der Waals surface area contributed by atoms with Gasteiger partial charge in [0, 0.05) is 11.1 Å². The van der Waals surface area contributed by atoms with Crippen LogP contribution in [0.5, 0.6) is 0 Å². The van der Waals surface area contributed by atoms with Crippen molar-refractivity contribution in [3.05, 3.63) is 65.7 Å². The van der Waals surface area contributed by atoms with Crippen molar-refractivity contribution in [1.82, 2.24) is 15.0 Å². The molecule has 2 aromatic carbocycles. The summed E-state index contributed by atoms with van der Waals surface area (Å²) in [6, 6.07) is 14.5. The number of Topliss-reactive ketones (excluding diaryl/α,β-unsaturated/α-hetero) is 1. The summed E-state index contributed by atoms with van der Waals surface area (Å²) < 4.78 is -3.86. The van der Waals surface area contributed by atoms with Gasteiger partial charge in [-0.1, -0.05) is 118 Å². The molecule has 0 radical (unpaired) electrons. The number of halogens is 6. The number of alkyl halides is 6. The van der Waals surface area contributed by atoms with Crippen molar-refractivity contribution in [3.8, 4) is 22.5 Å². The van der Waals surface area contributed by atoms with E-state index in [4.69, 9.17) is 69.6 Å². The van der Waals surface area contributed by atoms with E-state index in [1.807, 2.05) is 30.3 Å². The highest BCUT2D eigenvalue weighted by Gasteiger charge is 2.34. The number of nitrogens with zero attached hydrogens (tertiary/aromatic N) is 3. The molecule has 0 bridgehead atoms. The summed E-state index contributed by atoms with van der Waals surface area (Å²) in [4.78, 5) is 24.2. The molecule has 0 atom stereocenters. The number of carbonyl (C=O) groups excluding carboxylic acids is 1. The molecule has 29 heavy (non-hydrogen) atoms. The van der Waals surface area contributed by atoms with Gasteiger partial charge in [-0.15, -0.1) is 0 Å². The minimum absolute atomic E-state index is 0.0261. The predicted molar refractivity (Wildman–Crippen MR) is 119 cm³/mol. The molecule has 0 N–H and O–H groups in total. The van der Waals surface area contributed by atoms with Gasteiger partial charge in [0.15, 0.2) is 23.3 Å². The molecule has 0 aliphatic carbocycles. The number of hydrogen-bond donors (Lipinski definition) is 0. The Balaban J connectivity index is 2.08. The van der Waals surface area contributed by atoms with Gasteiger partial charge in [0.1, 0.15) is 0 Å². The zero-order valence-electron chi connectivity index (χ0n) is 14.6. The number of aromatic nitrogens is 3. The van der Waals surface area contributed by atoms with Crippen LogP contribution in [-0.4, -0.2) is 20.7 Å². The Kier molecular flexibility index (Phi) is 6.64. The Hall–Kier alpha value is -1.14. The molecule has 0 spiro atoms. The fourth-order valence-electron chi connectivity index (χ4n) is 2.60. The van der Waals surface area contributed by atoms with Gasteiger partial charge >= 0.3 is 0 Å². The normalized spacial score (nSPS) is 12.1. The van der Waals surface area contributed by atoms with E-state index in [9.17, 15) is 4.79 Å². The van der Waals surface area contributed by atoms with Crippen molar-refractivity contribution in [2.75, 3.05) is 0 Å². The maximum absolute atomic E-state index is 11.9. The Morgan fingerprint density at radius 3 is 1.69 bits per heavy atom. The lowest BCUT2D eigenvalue weighted by molar-refractivity contribution is 0.101. The number of ketones is 1. The second kappa shape index (κ2) is 8.54. The Morgan fingerprint density at radius 2 is 1.21 bits per heavy atom. The summed E-state index contributed by atoms with van der Waals surface area (Å²) in [6.45, 7) is 1.52. The molecule has 0 aliphatic rings. The quantitative estimate of drug-likeness (QED) is 0.280. The minimum atomic E-state index is -1.93. The van der Waals surface area contributed by atoms with Crippen LogP contribution in [0.4, 0.5) is 0 Å². The van der Waals surface area contributed by atoms with Gasteiger partial charge in [0.25, 0.3) is 0 Å². The average molecular weight is 510 g/mol. The molecule has 4 nitrogen and oxygen atoms in total. The highest BCUT2D eigenvalue weighted by atomic mass is 35.6. The standard InChI is InChI=1S/C19H11Cl6N3O/c1-10(29)13-4-2-3-5-14(13)11-6-8-12(9-7-11)15-26-16(18(20,21)22)28-17(27-15)19(23,24)25/h2-9H,1H3. The van der Waals surface area contributed by atoms with Crippen molar-refractivity contribution in [3.63, 3.8) is 0 Å². The van der Waals surface area contributed by atoms with Crippen molar-refractivity contribution >= 4 is 75.4 Å². The second-order valence-corrected chi connectivity index (χ2v) is 10.5. The molecule has 1 heterocycles. The van der Waals surface area contributed by atoms with Crippen molar-refractivity contribution < 1.29 is 4.79 Å². The molecule has 3 aromatic rings. The van der Waals surface area contributed by atoms with Crippen LogP contribution in [0.15, 0.2) is 48.5 Å². The van der Waals surface area contributed by atoms with Crippen LogP contribution >= 0.6 is 69.6 Å². The summed E-state index contributed by atoms with van der Waals surface area (Å²) >= 11 is 35.5. The SMILES string of the molecule is CC(=O)c1ccccc1-c1ccc(-c2nc(C(Cl)(Cl)Cl)nc(C(Cl)(Cl)Cl)n2)cc1. The molecule has 1 aromatic heterocycles. The monoisotopic (exact) mass is 507 g/mol. The first kappa shape index (κ1) is 22.5. The summed E-state index contributed by atoms with van der Waals surface area (Å²) in [5, 5.41) is 0. The van der Waals surface area contributed by atoms with E-state index in [-0.39, 0.29) is 23.3 Å². The Bertz CT molecular complexity index is 1030. The molecule has 0 fully saturated rings. The number of carbonyl (C=O) groups is 1. The van der Waals surface area contributed by atoms with Crippen LogP contribution < -0.4 is 0 Å². The maximum Gasteiger partial charge on any atom is 0.250 e. The molecule has 150 valence electrons. The van der Waals surface area contributed by atoms with Crippen LogP contribution in [0.3, 0.4) is 0 Å². The van der Waals surface area contributed by atoms with E-state index >= 15 is 0 Å². The van der Waals surface area contributed by atoms with Crippen molar-refractivity contribution in [2.45, 2.75) is 14.5 Å². The van der Waals surface area contributed by atoms with Crippen LogP contribution in [0.1, 0.15) is 28.9 Å². The van der Waals surface area contributed by atoms with Gasteiger partial charge in [-0.3, -0.25) is 4.79 Å². The van der Waals surface area contributed by atoms with Crippen LogP contribution in [0.2, 0.25) is 0 Å². The zero-order valence-corrected chi connectivity index (χ0v) is 19.2. The van der Waals surface area contributed by atoms with Crippen LogP contribution in [-0.2, 0) is 7.59 Å². The lowest BCUT2D eigenvalue weighted by atomic mass is 9.97. The van der Waals surface area contributed by atoms with E-state index in [1.165, 1.54) is 6.92 Å². The van der Waals surface area contributed by atoms with Crippen LogP contribution in [0.25, 0.3) is 22.5 Å². The minimum Gasteiger partial charge on any atom is -0.294 e. The fraction of sp³-hybridized carbons (Fsp3) is 0.158. The number of rotatable bonds is 3. The molecule has 0 aliphatic heterocycles. The smallest absolute Gasteiger partial charge is 0.250 e. The summed E-state index contributed by atoms with van der Waals surface area (Å²) in [5.41, 5.74) is 2.86. The maximum atomic E-state index is 11.9. The number of benzene rings is 2. The third kappa shape index (κ3) is 5.32. The van der Waals surface area contributed by atoms with E-state index in [2.05, 4.69) is 15.0 Å². The largest absolute Gasteiger partial charge is 0.294 e.